The molecule has 1 aromatic heterocycles. The highest BCUT2D eigenvalue weighted by Crippen LogP contribution is 2.23. The van der Waals surface area contributed by atoms with Gasteiger partial charge in [0, 0.05) is 12.6 Å². The molecule has 0 fully saturated rings. The van der Waals surface area contributed by atoms with Crippen molar-refractivity contribution in [2.24, 2.45) is 0 Å². The first-order chi connectivity index (χ1) is 13.0. The van der Waals surface area contributed by atoms with Crippen LogP contribution in [0.25, 0.3) is 0 Å². The number of ether oxygens (including phenoxy) is 2. The van der Waals surface area contributed by atoms with Gasteiger partial charge in [0.05, 0.1) is 12.3 Å². The quantitative estimate of drug-likeness (QED) is 0.713. The van der Waals surface area contributed by atoms with Gasteiger partial charge in [-0.2, -0.15) is 5.10 Å². The van der Waals surface area contributed by atoms with E-state index in [1.54, 1.807) is 24.3 Å². The highest BCUT2D eigenvalue weighted by molar-refractivity contribution is 5.97. The Hall–Kier alpha value is -3.16. The second-order valence-electron chi connectivity index (χ2n) is 5.75. The molecule has 1 atom stereocenters. The fourth-order valence-electron chi connectivity index (χ4n) is 2.29. The molecule has 2 aromatic rings. The summed E-state index contributed by atoms with van der Waals surface area (Å²) in [6, 6.07) is 9.52. The number of rotatable bonds is 8. The lowest BCUT2D eigenvalue weighted by molar-refractivity contribution is -0.123. The predicted molar refractivity (Wildman–Crippen MR) is 99.9 cm³/mol. The number of benzene rings is 1. The number of aryl methyl sites for hydroxylation is 1. The lowest BCUT2D eigenvalue weighted by atomic mass is 10.2. The molecule has 2 rings (SSSR count). The summed E-state index contributed by atoms with van der Waals surface area (Å²) in [4.78, 5) is 36.3. The van der Waals surface area contributed by atoms with E-state index >= 15 is 0 Å². The molecule has 0 spiro atoms. The second kappa shape index (κ2) is 9.51. The first kappa shape index (κ1) is 20.2. The minimum Gasteiger partial charge on any atom is -0.492 e. The number of nitrogens with zero attached hydrogens (tertiary/aromatic N) is 2. The van der Waals surface area contributed by atoms with E-state index in [4.69, 9.17) is 9.47 Å². The Kier molecular flexibility index (Phi) is 7.10. The molecule has 0 saturated carbocycles. The van der Waals surface area contributed by atoms with Crippen LogP contribution in [0.4, 0.5) is 5.69 Å². The van der Waals surface area contributed by atoms with Gasteiger partial charge in [0.25, 0.3) is 11.5 Å². The first-order valence-corrected chi connectivity index (χ1v) is 8.78. The third-order valence-electron chi connectivity index (χ3n) is 3.61. The molecule has 0 aliphatic rings. The number of hydrogen-bond donors (Lipinski definition) is 1. The van der Waals surface area contributed by atoms with Gasteiger partial charge in [-0.15, -0.1) is 0 Å². The molecular weight excluding hydrogens is 350 g/mol. The molecule has 1 unspecified atom stereocenters. The van der Waals surface area contributed by atoms with Gasteiger partial charge in [-0.05, 0) is 38.5 Å². The lowest BCUT2D eigenvalue weighted by Gasteiger charge is -2.15. The molecule has 0 bridgehead atoms. The predicted octanol–water partition coefficient (Wildman–Crippen LogP) is 2.24. The van der Waals surface area contributed by atoms with Crippen LogP contribution in [0.15, 0.2) is 41.2 Å². The van der Waals surface area contributed by atoms with E-state index in [1.165, 1.54) is 23.7 Å². The summed E-state index contributed by atoms with van der Waals surface area (Å²) in [7, 11) is 0. The minimum atomic E-state index is -1.06. The first-order valence-electron chi connectivity index (χ1n) is 8.78. The smallest absolute Gasteiger partial charge is 0.359 e. The molecule has 1 heterocycles. The average Bonchev–Trinajstić information content (AvgIpc) is 2.65. The van der Waals surface area contributed by atoms with Crippen molar-refractivity contribution in [3.8, 4) is 5.75 Å². The van der Waals surface area contributed by atoms with Crippen molar-refractivity contribution in [3.05, 3.63) is 52.4 Å². The van der Waals surface area contributed by atoms with Crippen molar-refractivity contribution in [2.45, 2.75) is 39.8 Å². The van der Waals surface area contributed by atoms with Crippen LogP contribution in [0.3, 0.4) is 0 Å². The van der Waals surface area contributed by atoms with Crippen LogP contribution in [0, 0.1) is 0 Å². The maximum atomic E-state index is 12.3. The summed E-state index contributed by atoms with van der Waals surface area (Å²) in [5, 5.41) is 6.65. The maximum absolute atomic E-state index is 12.3. The van der Waals surface area contributed by atoms with E-state index in [1.807, 2.05) is 13.8 Å². The van der Waals surface area contributed by atoms with Crippen molar-refractivity contribution < 1.29 is 19.1 Å². The largest absolute Gasteiger partial charge is 0.492 e. The number of para-hydroxylation sites is 2. The Bertz CT molecular complexity index is 862. The van der Waals surface area contributed by atoms with Crippen molar-refractivity contribution in [2.75, 3.05) is 11.9 Å². The number of carbonyl (C=O) groups excluding carboxylic acids is 2. The summed E-state index contributed by atoms with van der Waals surface area (Å²) < 4.78 is 11.8. The Morgan fingerprint density at radius 1 is 1.19 bits per heavy atom. The van der Waals surface area contributed by atoms with Crippen LogP contribution >= 0.6 is 0 Å². The molecule has 8 nitrogen and oxygen atoms in total. The molecule has 27 heavy (non-hydrogen) atoms. The summed E-state index contributed by atoms with van der Waals surface area (Å²) in [6.45, 7) is 6.04. The summed E-state index contributed by atoms with van der Waals surface area (Å²) in [5.74, 6) is -0.752. The van der Waals surface area contributed by atoms with Gasteiger partial charge >= 0.3 is 5.97 Å². The Morgan fingerprint density at radius 2 is 1.93 bits per heavy atom. The molecule has 8 heteroatoms. The van der Waals surface area contributed by atoms with Crippen LogP contribution in [-0.2, 0) is 16.1 Å². The van der Waals surface area contributed by atoms with E-state index < -0.39 is 18.0 Å². The van der Waals surface area contributed by atoms with Crippen LogP contribution in [-0.4, -0.2) is 34.4 Å². The van der Waals surface area contributed by atoms with Crippen LogP contribution in [0.5, 0.6) is 5.75 Å². The number of amides is 1. The maximum Gasteiger partial charge on any atom is 0.359 e. The van der Waals surface area contributed by atoms with Gasteiger partial charge in [0.15, 0.2) is 11.8 Å². The van der Waals surface area contributed by atoms with Gasteiger partial charge in [-0.3, -0.25) is 9.59 Å². The number of esters is 1. The number of anilines is 1. The zero-order chi connectivity index (χ0) is 19.8. The summed E-state index contributed by atoms with van der Waals surface area (Å²) in [5.41, 5.74) is 0.158. The number of nitrogens with one attached hydrogen (secondary N) is 1. The highest BCUT2D eigenvalue weighted by atomic mass is 16.5. The zero-order valence-corrected chi connectivity index (χ0v) is 15.6. The molecule has 1 N–H and O–H groups in total. The minimum absolute atomic E-state index is 0.0302. The average molecular weight is 373 g/mol. The Labute approximate surface area is 157 Å². The van der Waals surface area contributed by atoms with Crippen LogP contribution in [0.2, 0.25) is 0 Å². The molecule has 0 radical (unpaired) electrons. The molecule has 144 valence electrons. The summed E-state index contributed by atoms with van der Waals surface area (Å²) in [6.07, 6.45) is -0.357. The highest BCUT2D eigenvalue weighted by Gasteiger charge is 2.21. The van der Waals surface area contributed by atoms with E-state index in [9.17, 15) is 14.4 Å². The summed E-state index contributed by atoms with van der Waals surface area (Å²) >= 11 is 0. The number of hydrogen-bond acceptors (Lipinski definition) is 6. The molecule has 0 saturated heterocycles. The second-order valence-corrected chi connectivity index (χ2v) is 5.75. The van der Waals surface area contributed by atoms with Crippen molar-refractivity contribution in [1.82, 2.24) is 9.78 Å². The monoisotopic (exact) mass is 373 g/mol. The van der Waals surface area contributed by atoms with Gasteiger partial charge in [0.1, 0.15) is 5.75 Å². The number of carbonyl (C=O) groups is 2. The fourth-order valence-corrected chi connectivity index (χ4v) is 2.29. The van der Waals surface area contributed by atoms with Gasteiger partial charge in [0.2, 0.25) is 0 Å². The molecule has 1 aromatic carbocycles. The third kappa shape index (κ3) is 5.40. The van der Waals surface area contributed by atoms with Crippen molar-refractivity contribution >= 4 is 17.6 Å². The van der Waals surface area contributed by atoms with Gasteiger partial charge < -0.3 is 14.8 Å². The zero-order valence-electron chi connectivity index (χ0n) is 15.6. The van der Waals surface area contributed by atoms with E-state index in [0.29, 0.717) is 31.0 Å². The molecule has 0 aliphatic carbocycles. The molecule has 1 amide bonds. The van der Waals surface area contributed by atoms with E-state index in [0.717, 1.165) is 0 Å². The lowest BCUT2D eigenvalue weighted by Crippen LogP contribution is -2.31. The molecule has 0 aliphatic heterocycles. The van der Waals surface area contributed by atoms with Crippen molar-refractivity contribution in [1.29, 1.82) is 0 Å². The van der Waals surface area contributed by atoms with Gasteiger partial charge in [-0.25, -0.2) is 9.48 Å². The normalized spacial score (nSPS) is 11.5. The van der Waals surface area contributed by atoms with Crippen molar-refractivity contribution in [3.63, 3.8) is 0 Å². The third-order valence-corrected chi connectivity index (χ3v) is 3.61. The molecular formula is C19H23N3O5. The standard InChI is InChI=1S/C19H23N3O5/c1-4-12-22-17(23)11-10-15(21-22)19(25)27-13(3)18(24)20-14-8-6-7-9-16(14)26-5-2/h6-11,13H,4-5,12H2,1-3H3,(H,20,24). The Morgan fingerprint density at radius 3 is 2.63 bits per heavy atom. The van der Waals surface area contributed by atoms with Gasteiger partial charge in [-0.1, -0.05) is 19.1 Å². The topological polar surface area (TPSA) is 99.5 Å². The van der Waals surface area contributed by atoms with E-state index in [2.05, 4.69) is 10.4 Å². The van der Waals surface area contributed by atoms with Crippen LogP contribution in [0.1, 0.15) is 37.7 Å². The Balaban J connectivity index is 2.05. The fraction of sp³-hybridized carbons (Fsp3) is 0.368. The van der Waals surface area contributed by atoms with E-state index in [-0.39, 0.29) is 11.3 Å². The van der Waals surface area contributed by atoms with Crippen LogP contribution < -0.4 is 15.6 Å². The number of aromatic nitrogens is 2. The SMILES string of the molecule is CCCn1nc(C(=O)OC(C)C(=O)Nc2ccccc2OCC)ccc1=O.